The van der Waals surface area contributed by atoms with E-state index in [2.05, 4.69) is 14.9 Å². The highest BCUT2D eigenvalue weighted by Crippen LogP contribution is 2.41. The van der Waals surface area contributed by atoms with Gasteiger partial charge in [-0.15, -0.1) is 0 Å². The van der Waals surface area contributed by atoms with Gasteiger partial charge < -0.3 is 9.26 Å². The van der Waals surface area contributed by atoms with Gasteiger partial charge in [-0.2, -0.15) is 17.7 Å². The summed E-state index contributed by atoms with van der Waals surface area (Å²) in [6.45, 7) is 0.919. The van der Waals surface area contributed by atoms with Gasteiger partial charge in [-0.25, -0.2) is 4.72 Å². The smallest absolute Gasteiger partial charge is 0.279 e. The van der Waals surface area contributed by atoms with Gasteiger partial charge in [0.2, 0.25) is 11.7 Å². The molecular weight excluding hydrogens is 320 g/mol. The maximum absolute atomic E-state index is 11.8. The van der Waals surface area contributed by atoms with E-state index in [0.29, 0.717) is 37.6 Å². The first-order chi connectivity index (χ1) is 11.0. The Balaban J connectivity index is 1.68. The minimum Gasteiger partial charge on any atom is -0.370 e. The predicted molar refractivity (Wildman–Crippen MR) is 83.0 cm³/mol. The molecule has 9 heteroatoms. The van der Waals surface area contributed by atoms with E-state index in [4.69, 9.17) is 9.26 Å². The summed E-state index contributed by atoms with van der Waals surface area (Å²) in [6, 6.07) is 0. The molecule has 1 aliphatic carbocycles. The summed E-state index contributed by atoms with van der Waals surface area (Å²) in [4.78, 5) is 4.58. The van der Waals surface area contributed by atoms with Gasteiger partial charge in [0.15, 0.2) is 0 Å². The van der Waals surface area contributed by atoms with Crippen molar-refractivity contribution in [3.63, 3.8) is 0 Å². The van der Waals surface area contributed by atoms with E-state index < -0.39 is 15.8 Å². The highest BCUT2D eigenvalue weighted by atomic mass is 32.2. The van der Waals surface area contributed by atoms with Crippen molar-refractivity contribution in [2.45, 2.75) is 50.0 Å². The van der Waals surface area contributed by atoms with Crippen LogP contribution in [0, 0.1) is 0 Å². The van der Waals surface area contributed by atoms with Crippen molar-refractivity contribution in [3.8, 4) is 0 Å². The van der Waals surface area contributed by atoms with Gasteiger partial charge in [0.25, 0.3) is 10.2 Å². The van der Waals surface area contributed by atoms with Crippen molar-refractivity contribution in [3.05, 3.63) is 11.7 Å². The molecule has 0 spiro atoms. The summed E-state index contributed by atoms with van der Waals surface area (Å²) < 4.78 is 38.6. The van der Waals surface area contributed by atoms with E-state index in [1.165, 1.54) is 11.4 Å². The molecular formula is C14H24N4O4S. The zero-order valence-corrected chi connectivity index (χ0v) is 14.4. The van der Waals surface area contributed by atoms with Crippen LogP contribution in [0.15, 0.2) is 4.52 Å². The molecule has 2 heterocycles. The molecule has 130 valence electrons. The second-order valence-electron chi connectivity index (χ2n) is 6.24. The maximum Gasteiger partial charge on any atom is 0.279 e. The fourth-order valence-electron chi connectivity index (χ4n) is 3.52. The molecule has 0 unspecified atom stereocenters. The number of nitrogens with one attached hydrogen (secondary N) is 1. The second-order valence-corrected chi connectivity index (χ2v) is 8.12. The lowest BCUT2D eigenvalue weighted by Gasteiger charge is -2.29. The summed E-state index contributed by atoms with van der Waals surface area (Å²) >= 11 is 0. The first-order valence-corrected chi connectivity index (χ1v) is 9.52. The molecule has 2 aliphatic rings. The molecule has 1 aromatic rings. The van der Waals surface area contributed by atoms with Crippen molar-refractivity contribution in [1.29, 1.82) is 0 Å². The van der Waals surface area contributed by atoms with E-state index in [1.54, 1.807) is 7.11 Å². The number of nitrogens with zero attached hydrogens (tertiary/aromatic N) is 3. The SMILES string of the molecule is CNS(=O)(=O)N1CCC(c2nc(C3(OC)CCCC3)no2)CC1. The number of hydrogen-bond donors (Lipinski definition) is 1. The Kier molecular flexibility index (Phi) is 4.73. The fraction of sp³-hybridized carbons (Fsp3) is 0.857. The van der Waals surface area contributed by atoms with Gasteiger partial charge >= 0.3 is 0 Å². The van der Waals surface area contributed by atoms with Crippen LogP contribution in [0.4, 0.5) is 0 Å². The topological polar surface area (TPSA) is 97.6 Å². The number of piperidine rings is 1. The molecule has 1 saturated heterocycles. The van der Waals surface area contributed by atoms with E-state index in [0.717, 1.165) is 25.7 Å². The lowest BCUT2D eigenvalue weighted by atomic mass is 9.97. The molecule has 0 aromatic carbocycles. The van der Waals surface area contributed by atoms with E-state index in [9.17, 15) is 8.42 Å². The van der Waals surface area contributed by atoms with Crippen LogP contribution in [0.3, 0.4) is 0 Å². The summed E-state index contributed by atoms with van der Waals surface area (Å²) in [7, 11) is -0.227. The molecule has 2 fully saturated rings. The van der Waals surface area contributed by atoms with Crippen LogP contribution in [0.5, 0.6) is 0 Å². The highest BCUT2D eigenvalue weighted by molar-refractivity contribution is 7.87. The average molecular weight is 344 g/mol. The van der Waals surface area contributed by atoms with E-state index in [-0.39, 0.29) is 5.92 Å². The van der Waals surface area contributed by atoms with Crippen LogP contribution in [0.1, 0.15) is 56.2 Å². The van der Waals surface area contributed by atoms with Gasteiger partial charge in [0, 0.05) is 33.2 Å². The molecule has 0 amide bonds. The molecule has 8 nitrogen and oxygen atoms in total. The number of hydrogen-bond acceptors (Lipinski definition) is 6. The maximum atomic E-state index is 11.8. The van der Waals surface area contributed by atoms with Crippen LogP contribution >= 0.6 is 0 Å². The molecule has 1 saturated carbocycles. The molecule has 3 rings (SSSR count). The minimum atomic E-state index is -3.35. The summed E-state index contributed by atoms with van der Waals surface area (Å²) in [6.07, 6.45) is 5.42. The molecule has 1 N–H and O–H groups in total. The van der Waals surface area contributed by atoms with Crippen LogP contribution in [-0.2, 0) is 20.5 Å². The Morgan fingerprint density at radius 2 is 1.96 bits per heavy atom. The number of methoxy groups -OCH3 is 1. The molecule has 1 aliphatic heterocycles. The van der Waals surface area contributed by atoms with Crippen molar-refractivity contribution >= 4 is 10.2 Å². The highest BCUT2D eigenvalue weighted by Gasteiger charge is 2.41. The Bertz CT molecular complexity index is 631. The monoisotopic (exact) mass is 344 g/mol. The van der Waals surface area contributed by atoms with Crippen LogP contribution in [0.2, 0.25) is 0 Å². The van der Waals surface area contributed by atoms with Gasteiger partial charge in [-0.1, -0.05) is 5.16 Å². The normalized spacial score (nSPS) is 23.4. The molecule has 0 atom stereocenters. The summed E-state index contributed by atoms with van der Waals surface area (Å²) in [5.74, 6) is 1.34. The van der Waals surface area contributed by atoms with E-state index >= 15 is 0 Å². The Hall–Kier alpha value is -1.03. The van der Waals surface area contributed by atoms with Gasteiger partial charge in [0.1, 0.15) is 5.60 Å². The third kappa shape index (κ3) is 3.15. The Morgan fingerprint density at radius 1 is 1.30 bits per heavy atom. The molecule has 1 aromatic heterocycles. The number of rotatable bonds is 5. The number of ether oxygens (including phenoxy) is 1. The molecule has 0 bridgehead atoms. The predicted octanol–water partition coefficient (Wildman–Crippen LogP) is 1.13. The minimum absolute atomic E-state index is 0.106. The van der Waals surface area contributed by atoms with Gasteiger partial charge in [0.05, 0.1) is 0 Å². The molecule has 0 radical (unpaired) electrons. The van der Waals surface area contributed by atoms with Crippen molar-refractivity contribution in [2.75, 3.05) is 27.2 Å². The summed E-state index contributed by atoms with van der Waals surface area (Å²) in [5, 5.41) is 4.15. The largest absolute Gasteiger partial charge is 0.370 e. The first-order valence-electron chi connectivity index (χ1n) is 8.08. The van der Waals surface area contributed by atoms with Gasteiger partial charge in [-0.3, -0.25) is 0 Å². The van der Waals surface area contributed by atoms with E-state index in [1.807, 2.05) is 0 Å². The Morgan fingerprint density at radius 3 is 2.52 bits per heavy atom. The summed E-state index contributed by atoms with van der Waals surface area (Å²) in [5.41, 5.74) is -0.405. The lowest BCUT2D eigenvalue weighted by Crippen LogP contribution is -2.43. The van der Waals surface area contributed by atoms with Crippen LogP contribution in [0.25, 0.3) is 0 Å². The van der Waals surface area contributed by atoms with Gasteiger partial charge in [-0.05, 0) is 38.5 Å². The lowest BCUT2D eigenvalue weighted by molar-refractivity contribution is -0.0178. The van der Waals surface area contributed by atoms with Crippen molar-refractivity contribution < 1.29 is 17.7 Å². The van der Waals surface area contributed by atoms with Crippen LogP contribution < -0.4 is 4.72 Å². The fourth-order valence-corrected chi connectivity index (χ4v) is 4.47. The average Bonchev–Trinajstić information content (AvgIpc) is 3.25. The van der Waals surface area contributed by atoms with Crippen LogP contribution in [-0.4, -0.2) is 50.1 Å². The zero-order chi connectivity index (χ0) is 16.5. The zero-order valence-electron chi connectivity index (χ0n) is 13.6. The standard InChI is InChI=1S/C14H24N4O4S/c1-15-23(19,20)18-9-5-11(6-10-18)12-16-13(17-22-12)14(21-2)7-3-4-8-14/h11,15H,3-10H2,1-2H3. The quantitative estimate of drug-likeness (QED) is 0.860. The second kappa shape index (κ2) is 6.46. The number of aromatic nitrogens is 2. The first kappa shape index (κ1) is 16.8. The van der Waals surface area contributed by atoms with Crippen molar-refractivity contribution in [2.24, 2.45) is 0 Å². The Labute approximate surface area is 136 Å². The van der Waals surface area contributed by atoms with Crippen molar-refractivity contribution in [1.82, 2.24) is 19.2 Å². The third-order valence-corrected chi connectivity index (χ3v) is 6.61. The molecule has 23 heavy (non-hydrogen) atoms. The third-order valence-electron chi connectivity index (χ3n) is 5.05.